The molecule has 1 aromatic carbocycles. The van der Waals surface area contributed by atoms with Crippen molar-refractivity contribution in [3.05, 3.63) is 76.5 Å². The van der Waals surface area contributed by atoms with E-state index in [0.29, 0.717) is 23.4 Å². The fraction of sp³-hybridized carbons (Fsp3) is 0.286. The van der Waals surface area contributed by atoms with Crippen molar-refractivity contribution < 1.29 is 14.3 Å². The van der Waals surface area contributed by atoms with Crippen LogP contribution in [0, 0.1) is 0 Å². The standard InChI is InChI=1S/C21H23N3O4/c1-3-17(14-25)24(13-18-8-5-11-28-18)21(27)16-7-4-6-15(12-16)19-9-10-20(26)23(2)22-19/h4-12,17,25H,3,13-14H2,1-2H3. The minimum absolute atomic E-state index is 0.134. The number of aliphatic hydroxyl groups is 1. The summed E-state index contributed by atoms with van der Waals surface area (Å²) in [5, 5.41) is 14.0. The Morgan fingerprint density at radius 3 is 2.71 bits per heavy atom. The van der Waals surface area contributed by atoms with Crippen molar-refractivity contribution in [2.75, 3.05) is 6.61 Å². The highest BCUT2D eigenvalue weighted by Crippen LogP contribution is 2.21. The second kappa shape index (κ2) is 8.67. The fourth-order valence-corrected chi connectivity index (χ4v) is 3.02. The van der Waals surface area contributed by atoms with Gasteiger partial charge >= 0.3 is 0 Å². The molecule has 1 unspecified atom stereocenters. The van der Waals surface area contributed by atoms with Crippen LogP contribution in [-0.2, 0) is 13.6 Å². The Labute approximate surface area is 162 Å². The molecule has 1 N–H and O–H groups in total. The number of carbonyl (C=O) groups is 1. The molecule has 0 aliphatic rings. The SMILES string of the molecule is CCC(CO)N(Cc1ccco1)C(=O)c1cccc(-c2ccc(=O)n(C)n2)c1. The summed E-state index contributed by atoms with van der Waals surface area (Å²) < 4.78 is 6.64. The first-order chi connectivity index (χ1) is 13.5. The van der Waals surface area contributed by atoms with Gasteiger partial charge in [0, 0.05) is 24.2 Å². The van der Waals surface area contributed by atoms with Gasteiger partial charge in [-0.05, 0) is 36.8 Å². The smallest absolute Gasteiger partial charge is 0.266 e. The molecule has 3 aromatic rings. The quantitative estimate of drug-likeness (QED) is 0.679. The summed E-state index contributed by atoms with van der Waals surface area (Å²) in [6.07, 6.45) is 2.18. The summed E-state index contributed by atoms with van der Waals surface area (Å²) in [4.78, 5) is 26.4. The lowest BCUT2D eigenvalue weighted by atomic mass is 10.1. The van der Waals surface area contributed by atoms with Crippen molar-refractivity contribution in [3.8, 4) is 11.3 Å². The lowest BCUT2D eigenvalue weighted by molar-refractivity contribution is 0.0545. The van der Waals surface area contributed by atoms with E-state index in [1.165, 1.54) is 10.7 Å². The number of rotatable bonds is 7. The van der Waals surface area contributed by atoms with Crippen LogP contribution < -0.4 is 5.56 Å². The van der Waals surface area contributed by atoms with Gasteiger partial charge in [-0.2, -0.15) is 5.10 Å². The number of carbonyl (C=O) groups excluding carboxylic acids is 1. The molecule has 1 atom stereocenters. The van der Waals surface area contributed by atoms with E-state index in [9.17, 15) is 14.7 Å². The van der Waals surface area contributed by atoms with Crippen molar-refractivity contribution in [2.24, 2.45) is 7.05 Å². The minimum Gasteiger partial charge on any atom is -0.467 e. The Bertz CT molecular complexity index is 991. The summed E-state index contributed by atoms with van der Waals surface area (Å²) in [5.41, 5.74) is 1.61. The summed E-state index contributed by atoms with van der Waals surface area (Å²) in [5.74, 6) is 0.445. The molecule has 0 aliphatic carbocycles. The van der Waals surface area contributed by atoms with Crippen LogP contribution in [0.1, 0.15) is 29.5 Å². The van der Waals surface area contributed by atoms with E-state index in [1.54, 1.807) is 54.6 Å². The first-order valence-corrected chi connectivity index (χ1v) is 9.12. The molecule has 0 saturated heterocycles. The molecule has 3 rings (SSSR count). The maximum atomic E-state index is 13.2. The second-order valence-corrected chi connectivity index (χ2v) is 6.52. The number of aryl methyl sites for hydroxylation is 1. The Kier molecular flexibility index (Phi) is 6.06. The highest BCUT2D eigenvalue weighted by atomic mass is 16.3. The van der Waals surface area contributed by atoms with Crippen LogP contribution >= 0.6 is 0 Å². The van der Waals surface area contributed by atoms with Gasteiger partial charge in [-0.3, -0.25) is 9.59 Å². The van der Waals surface area contributed by atoms with Gasteiger partial charge in [0.2, 0.25) is 0 Å². The van der Waals surface area contributed by atoms with Crippen LogP contribution in [-0.4, -0.2) is 38.3 Å². The zero-order valence-electron chi connectivity index (χ0n) is 15.9. The first-order valence-electron chi connectivity index (χ1n) is 9.12. The Balaban J connectivity index is 1.94. The number of hydrogen-bond donors (Lipinski definition) is 1. The van der Waals surface area contributed by atoms with Crippen molar-refractivity contribution in [3.63, 3.8) is 0 Å². The van der Waals surface area contributed by atoms with Crippen molar-refractivity contribution in [1.82, 2.24) is 14.7 Å². The molecule has 1 amide bonds. The molecule has 0 bridgehead atoms. The van der Waals surface area contributed by atoms with Crippen LogP contribution in [0.2, 0.25) is 0 Å². The zero-order valence-corrected chi connectivity index (χ0v) is 15.9. The summed E-state index contributed by atoms with van der Waals surface area (Å²) in [6.45, 7) is 2.06. The lowest BCUT2D eigenvalue weighted by Gasteiger charge is -2.29. The third-order valence-corrected chi connectivity index (χ3v) is 4.66. The molecule has 2 heterocycles. The van der Waals surface area contributed by atoms with Crippen LogP contribution in [0.25, 0.3) is 11.3 Å². The van der Waals surface area contributed by atoms with Crippen molar-refractivity contribution >= 4 is 5.91 Å². The summed E-state index contributed by atoms with van der Waals surface area (Å²) in [6, 6.07) is 13.4. The van der Waals surface area contributed by atoms with Gasteiger partial charge in [0.25, 0.3) is 11.5 Å². The molecular formula is C21H23N3O4. The van der Waals surface area contributed by atoms with Gasteiger partial charge in [0.15, 0.2) is 0 Å². The molecule has 146 valence electrons. The molecule has 0 aliphatic heterocycles. The monoisotopic (exact) mass is 381 g/mol. The summed E-state index contributed by atoms with van der Waals surface area (Å²) in [7, 11) is 1.58. The third kappa shape index (κ3) is 4.20. The number of amides is 1. The van der Waals surface area contributed by atoms with E-state index in [4.69, 9.17) is 4.42 Å². The molecule has 0 spiro atoms. The third-order valence-electron chi connectivity index (χ3n) is 4.66. The summed E-state index contributed by atoms with van der Waals surface area (Å²) >= 11 is 0. The molecule has 0 saturated carbocycles. The maximum Gasteiger partial charge on any atom is 0.266 e. The highest BCUT2D eigenvalue weighted by Gasteiger charge is 2.24. The van der Waals surface area contributed by atoms with E-state index >= 15 is 0 Å². The normalized spacial score (nSPS) is 12.0. The molecule has 0 radical (unpaired) electrons. The predicted molar refractivity (Wildman–Crippen MR) is 105 cm³/mol. The zero-order chi connectivity index (χ0) is 20.1. The molecule has 7 nitrogen and oxygen atoms in total. The van der Waals surface area contributed by atoms with Crippen molar-refractivity contribution in [2.45, 2.75) is 25.9 Å². The number of benzene rings is 1. The van der Waals surface area contributed by atoms with Gasteiger partial charge < -0.3 is 14.4 Å². The van der Waals surface area contributed by atoms with Gasteiger partial charge in [0.05, 0.1) is 31.2 Å². The molecule has 28 heavy (non-hydrogen) atoms. The average molecular weight is 381 g/mol. The highest BCUT2D eigenvalue weighted by molar-refractivity contribution is 5.95. The topological polar surface area (TPSA) is 88.6 Å². The maximum absolute atomic E-state index is 13.2. The van der Waals surface area contributed by atoms with Crippen molar-refractivity contribution in [1.29, 1.82) is 0 Å². The van der Waals surface area contributed by atoms with Gasteiger partial charge in [-0.15, -0.1) is 0 Å². The van der Waals surface area contributed by atoms with E-state index in [-0.39, 0.29) is 30.7 Å². The molecule has 0 fully saturated rings. The number of furan rings is 1. The average Bonchev–Trinajstić information content (AvgIpc) is 3.23. The number of aliphatic hydroxyl groups excluding tert-OH is 1. The minimum atomic E-state index is -0.322. The predicted octanol–water partition coefficient (Wildman–Crippen LogP) is 2.45. The number of hydrogen-bond acceptors (Lipinski definition) is 5. The van der Waals surface area contributed by atoms with Gasteiger partial charge in [-0.25, -0.2) is 4.68 Å². The first kappa shape index (κ1) is 19.6. The van der Waals surface area contributed by atoms with E-state index in [0.717, 1.165) is 5.56 Å². The van der Waals surface area contributed by atoms with Crippen LogP contribution in [0.5, 0.6) is 0 Å². The van der Waals surface area contributed by atoms with Crippen LogP contribution in [0.4, 0.5) is 0 Å². The van der Waals surface area contributed by atoms with Crippen LogP contribution in [0.15, 0.2) is 64.0 Å². The van der Waals surface area contributed by atoms with E-state index < -0.39 is 0 Å². The second-order valence-electron chi connectivity index (χ2n) is 6.52. The Morgan fingerprint density at radius 1 is 1.25 bits per heavy atom. The van der Waals surface area contributed by atoms with E-state index in [1.807, 2.05) is 13.0 Å². The number of aromatic nitrogens is 2. The Morgan fingerprint density at radius 2 is 2.07 bits per heavy atom. The molecule has 2 aromatic heterocycles. The van der Waals surface area contributed by atoms with Gasteiger partial charge in [-0.1, -0.05) is 19.1 Å². The van der Waals surface area contributed by atoms with E-state index in [2.05, 4.69) is 5.10 Å². The fourth-order valence-electron chi connectivity index (χ4n) is 3.02. The van der Waals surface area contributed by atoms with Crippen LogP contribution in [0.3, 0.4) is 0 Å². The largest absolute Gasteiger partial charge is 0.467 e. The molecule has 7 heteroatoms. The lowest BCUT2D eigenvalue weighted by Crippen LogP contribution is -2.41. The molecular weight excluding hydrogens is 358 g/mol. The Hall–Kier alpha value is -3.19. The van der Waals surface area contributed by atoms with Gasteiger partial charge in [0.1, 0.15) is 5.76 Å². The number of nitrogens with zero attached hydrogens (tertiary/aromatic N) is 3.